The van der Waals surface area contributed by atoms with Crippen molar-refractivity contribution in [3.63, 3.8) is 0 Å². The number of nitrogens with zero attached hydrogens (tertiary/aromatic N) is 1. The van der Waals surface area contributed by atoms with Crippen molar-refractivity contribution in [2.45, 2.75) is 6.11 Å². The minimum atomic E-state index is -4.34. The molecule has 0 fully saturated rings. The molecule has 0 bridgehead atoms. The number of rotatable bonds is 3. The lowest BCUT2D eigenvalue weighted by Crippen LogP contribution is -2.34. The van der Waals surface area contributed by atoms with E-state index in [2.05, 4.69) is 4.74 Å². The van der Waals surface area contributed by atoms with Gasteiger partial charge in [0.2, 0.25) is 0 Å². The summed E-state index contributed by atoms with van der Waals surface area (Å²) in [5.74, 6) is -2.84. The molecule has 84 valence electrons. The minimum absolute atomic E-state index is 0.0765. The maximum Gasteiger partial charge on any atom is 0.501 e. The van der Waals surface area contributed by atoms with Gasteiger partial charge in [-0.3, -0.25) is 0 Å². The maximum atomic E-state index is 12.6. The van der Waals surface area contributed by atoms with Crippen molar-refractivity contribution in [2.24, 2.45) is 0 Å². The molecule has 0 unspecified atom stereocenters. The van der Waals surface area contributed by atoms with Gasteiger partial charge in [-0.2, -0.15) is 14.0 Å². The molecule has 0 atom stereocenters. The summed E-state index contributed by atoms with van der Waals surface area (Å²) < 4.78 is 29.1. The van der Waals surface area contributed by atoms with Gasteiger partial charge in [-0.25, -0.2) is 4.79 Å². The summed E-state index contributed by atoms with van der Waals surface area (Å²) in [7, 11) is 0. The Bertz CT molecular complexity index is 470. The second-order valence-corrected chi connectivity index (χ2v) is 3.08. The van der Waals surface area contributed by atoms with Crippen molar-refractivity contribution < 1.29 is 23.4 Å². The second kappa shape index (κ2) is 4.33. The van der Waals surface area contributed by atoms with Crippen molar-refractivity contribution in [1.82, 2.24) is 0 Å². The highest BCUT2D eigenvalue weighted by Gasteiger charge is 2.42. The Hall–Kier alpha value is -1.87. The number of carboxylic acids is 1. The van der Waals surface area contributed by atoms with E-state index in [-0.39, 0.29) is 10.6 Å². The first kappa shape index (κ1) is 12.2. The number of nitriles is 1. The summed E-state index contributed by atoms with van der Waals surface area (Å²) in [6, 6.07) is 4.84. The van der Waals surface area contributed by atoms with E-state index in [4.69, 9.17) is 22.0 Å². The third-order valence-corrected chi connectivity index (χ3v) is 1.87. The Labute approximate surface area is 93.6 Å². The number of benzene rings is 1. The molecule has 4 nitrogen and oxygen atoms in total. The zero-order valence-electron chi connectivity index (χ0n) is 7.58. The lowest BCUT2D eigenvalue weighted by Gasteiger charge is -2.13. The van der Waals surface area contributed by atoms with Crippen LogP contribution >= 0.6 is 11.6 Å². The number of carbonyl (C=O) groups is 1. The number of alkyl halides is 2. The molecule has 1 N–H and O–H groups in total. The molecule has 0 aliphatic rings. The zero-order valence-corrected chi connectivity index (χ0v) is 8.33. The Morgan fingerprint density at radius 3 is 2.62 bits per heavy atom. The SMILES string of the molecule is N#Cc1ccc(OC(F)(F)C(=O)O)cc1Cl. The number of hydrogen-bond donors (Lipinski definition) is 1. The van der Waals surface area contributed by atoms with Gasteiger partial charge in [0.1, 0.15) is 11.8 Å². The van der Waals surface area contributed by atoms with E-state index in [0.29, 0.717) is 0 Å². The zero-order chi connectivity index (χ0) is 12.3. The lowest BCUT2D eigenvalue weighted by atomic mass is 10.2. The van der Waals surface area contributed by atoms with Gasteiger partial charge in [0.25, 0.3) is 0 Å². The van der Waals surface area contributed by atoms with E-state index in [1.807, 2.05) is 0 Å². The maximum absolute atomic E-state index is 12.6. The molecule has 1 aromatic carbocycles. The van der Waals surface area contributed by atoms with Gasteiger partial charge in [0.15, 0.2) is 0 Å². The summed E-state index contributed by atoms with van der Waals surface area (Å²) in [4.78, 5) is 10.1. The highest BCUT2D eigenvalue weighted by molar-refractivity contribution is 6.31. The van der Waals surface area contributed by atoms with Crippen LogP contribution in [0.3, 0.4) is 0 Å². The standard InChI is InChI=1S/C9H4ClF2NO3/c10-7-3-6(2-1-5(7)4-13)16-9(11,12)8(14)15/h1-3H,(H,14,15). The summed E-state index contributed by atoms with van der Waals surface area (Å²) in [5, 5.41) is 16.5. The smallest absolute Gasteiger partial charge is 0.474 e. The number of ether oxygens (including phenoxy) is 1. The van der Waals surface area contributed by atoms with E-state index >= 15 is 0 Å². The highest BCUT2D eigenvalue weighted by Crippen LogP contribution is 2.26. The van der Waals surface area contributed by atoms with Crippen LogP contribution in [0.1, 0.15) is 5.56 Å². The van der Waals surface area contributed by atoms with Crippen LogP contribution in [0, 0.1) is 11.3 Å². The molecule has 0 amide bonds. The Morgan fingerprint density at radius 1 is 1.56 bits per heavy atom. The third kappa shape index (κ3) is 2.58. The number of carboxylic acid groups (broad SMARTS) is 1. The molecule has 0 heterocycles. The van der Waals surface area contributed by atoms with Crippen LogP contribution in [0.15, 0.2) is 18.2 Å². The van der Waals surface area contributed by atoms with Crippen molar-refractivity contribution in [3.8, 4) is 11.8 Å². The number of halogens is 3. The van der Waals surface area contributed by atoms with Crippen molar-refractivity contribution in [1.29, 1.82) is 5.26 Å². The molecule has 1 rings (SSSR count). The first-order chi connectivity index (χ1) is 7.36. The Kier molecular flexibility index (Phi) is 3.30. The molecule has 0 radical (unpaired) electrons. The van der Waals surface area contributed by atoms with E-state index in [9.17, 15) is 13.6 Å². The predicted molar refractivity (Wildman–Crippen MR) is 49.4 cm³/mol. The fourth-order valence-corrected chi connectivity index (χ4v) is 1.05. The molecule has 0 spiro atoms. The molecule has 0 saturated heterocycles. The first-order valence-corrected chi connectivity index (χ1v) is 4.24. The van der Waals surface area contributed by atoms with E-state index in [1.165, 1.54) is 0 Å². The van der Waals surface area contributed by atoms with Gasteiger partial charge >= 0.3 is 12.1 Å². The molecule has 1 aromatic rings. The van der Waals surface area contributed by atoms with Crippen molar-refractivity contribution in [2.75, 3.05) is 0 Å². The highest BCUT2D eigenvalue weighted by atomic mass is 35.5. The molecule has 0 aliphatic heterocycles. The average molecular weight is 248 g/mol. The molecule has 0 aliphatic carbocycles. The second-order valence-electron chi connectivity index (χ2n) is 2.68. The summed E-state index contributed by atoms with van der Waals surface area (Å²) >= 11 is 5.54. The molecule has 0 saturated carbocycles. The van der Waals surface area contributed by atoms with E-state index in [0.717, 1.165) is 18.2 Å². The van der Waals surface area contributed by atoms with Crippen LogP contribution < -0.4 is 4.74 Å². The van der Waals surface area contributed by atoms with Gasteiger partial charge in [-0.05, 0) is 12.1 Å². The fraction of sp³-hybridized carbons (Fsp3) is 0.111. The lowest BCUT2D eigenvalue weighted by molar-refractivity contribution is -0.210. The monoisotopic (exact) mass is 247 g/mol. The fourth-order valence-electron chi connectivity index (χ4n) is 0.842. The van der Waals surface area contributed by atoms with Crippen LogP contribution in [0.25, 0.3) is 0 Å². The normalized spacial score (nSPS) is 10.6. The minimum Gasteiger partial charge on any atom is -0.474 e. The summed E-state index contributed by atoms with van der Waals surface area (Å²) in [6.45, 7) is 0. The van der Waals surface area contributed by atoms with Crippen LogP contribution in [-0.4, -0.2) is 17.2 Å². The van der Waals surface area contributed by atoms with Crippen LogP contribution in [0.2, 0.25) is 5.02 Å². The van der Waals surface area contributed by atoms with Crippen LogP contribution in [-0.2, 0) is 4.79 Å². The van der Waals surface area contributed by atoms with Gasteiger partial charge in [-0.15, -0.1) is 0 Å². The summed E-state index contributed by atoms with van der Waals surface area (Å²) in [5.41, 5.74) is 0.0765. The molecule has 0 aromatic heterocycles. The number of hydrogen-bond acceptors (Lipinski definition) is 3. The van der Waals surface area contributed by atoms with E-state index in [1.54, 1.807) is 6.07 Å². The van der Waals surface area contributed by atoms with Gasteiger partial charge < -0.3 is 9.84 Å². The van der Waals surface area contributed by atoms with Gasteiger partial charge in [-0.1, -0.05) is 11.6 Å². The van der Waals surface area contributed by atoms with Gasteiger partial charge in [0.05, 0.1) is 10.6 Å². The van der Waals surface area contributed by atoms with Crippen LogP contribution in [0.5, 0.6) is 5.75 Å². The molecular weight excluding hydrogens is 244 g/mol. The van der Waals surface area contributed by atoms with E-state index < -0.39 is 17.8 Å². The topological polar surface area (TPSA) is 70.3 Å². The quantitative estimate of drug-likeness (QED) is 0.889. The number of aliphatic carboxylic acids is 1. The molecular formula is C9H4ClF2NO3. The Morgan fingerprint density at radius 2 is 2.19 bits per heavy atom. The van der Waals surface area contributed by atoms with Crippen molar-refractivity contribution >= 4 is 17.6 Å². The third-order valence-electron chi connectivity index (χ3n) is 1.56. The predicted octanol–water partition coefficient (Wildman–Crippen LogP) is 2.27. The summed E-state index contributed by atoms with van der Waals surface area (Å²) in [6.07, 6.45) is -4.34. The van der Waals surface area contributed by atoms with Gasteiger partial charge in [0, 0.05) is 6.07 Å². The molecule has 7 heteroatoms. The van der Waals surface area contributed by atoms with Crippen LogP contribution in [0.4, 0.5) is 8.78 Å². The average Bonchev–Trinajstić information content (AvgIpc) is 2.17. The largest absolute Gasteiger partial charge is 0.501 e. The van der Waals surface area contributed by atoms with Crippen molar-refractivity contribution in [3.05, 3.63) is 28.8 Å². The first-order valence-electron chi connectivity index (χ1n) is 3.86. The Balaban J connectivity index is 2.97. The molecule has 16 heavy (non-hydrogen) atoms.